The standard InChI is InChI=1S/C27H39N7O2/c1-20-7-6-8-21(2)23(13-20)15-33-19-34(18-32(27(33)36)14-22-9-4-3-5-10-22)26-24-25(28-16-29-26)31(11-12-35)17-30-24/h16-17,22-23,35H,1-15,18-19H2. The Labute approximate surface area is 213 Å². The minimum absolute atomic E-state index is 0.0164. The summed E-state index contributed by atoms with van der Waals surface area (Å²) in [6.07, 6.45) is 13.5. The molecular formula is C27H39N7O2. The molecule has 2 saturated carbocycles. The third kappa shape index (κ3) is 5.26. The lowest BCUT2D eigenvalue weighted by molar-refractivity contribution is 0.111. The Hall–Kier alpha value is -2.94. The van der Waals surface area contributed by atoms with Gasteiger partial charge in [0.2, 0.25) is 0 Å². The molecule has 9 heteroatoms. The number of carbonyl (C=O) groups is 1. The lowest BCUT2D eigenvalue weighted by Crippen LogP contribution is -2.60. The highest BCUT2D eigenvalue weighted by Gasteiger charge is 2.35. The van der Waals surface area contributed by atoms with E-state index in [1.54, 1.807) is 12.7 Å². The fourth-order valence-corrected chi connectivity index (χ4v) is 6.06. The Kier molecular flexibility index (Phi) is 7.55. The molecule has 1 unspecified atom stereocenters. The summed E-state index contributed by atoms with van der Waals surface area (Å²) >= 11 is 0. The molecule has 3 aliphatic rings. The van der Waals surface area contributed by atoms with Gasteiger partial charge in [0, 0.05) is 25.6 Å². The van der Waals surface area contributed by atoms with E-state index in [0.717, 1.165) is 38.0 Å². The Morgan fingerprint density at radius 3 is 2.53 bits per heavy atom. The number of aromatic nitrogens is 4. The number of aliphatic hydroxyl groups is 1. The van der Waals surface area contributed by atoms with Gasteiger partial charge in [-0.2, -0.15) is 0 Å². The van der Waals surface area contributed by atoms with Crippen molar-refractivity contribution in [2.24, 2.45) is 11.8 Å². The summed E-state index contributed by atoms with van der Waals surface area (Å²) in [6, 6.07) is 0.107. The Balaban J connectivity index is 1.43. The van der Waals surface area contributed by atoms with Crippen LogP contribution in [0.3, 0.4) is 0 Å². The smallest absolute Gasteiger partial charge is 0.322 e. The van der Waals surface area contributed by atoms with Crippen LogP contribution in [0.15, 0.2) is 37.0 Å². The number of amides is 2. The number of allylic oxidation sites excluding steroid dienone is 1. The number of imidazole rings is 1. The Bertz CT molecular complexity index is 1110. The highest BCUT2D eigenvalue weighted by atomic mass is 16.3. The molecule has 2 aliphatic carbocycles. The van der Waals surface area contributed by atoms with Crippen LogP contribution in [0.1, 0.15) is 57.8 Å². The van der Waals surface area contributed by atoms with E-state index >= 15 is 0 Å². The second-order valence-electron chi connectivity index (χ2n) is 10.7. The molecule has 1 atom stereocenters. The number of rotatable bonds is 7. The summed E-state index contributed by atoms with van der Waals surface area (Å²) in [6.45, 7) is 11.4. The maximum absolute atomic E-state index is 13.8. The molecule has 3 fully saturated rings. The highest BCUT2D eigenvalue weighted by Crippen LogP contribution is 2.33. The van der Waals surface area contributed by atoms with Crippen molar-refractivity contribution in [1.29, 1.82) is 0 Å². The third-order valence-corrected chi connectivity index (χ3v) is 8.03. The van der Waals surface area contributed by atoms with E-state index in [2.05, 4.69) is 33.0 Å². The number of nitrogens with zero attached hydrogens (tertiary/aromatic N) is 7. The van der Waals surface area contributed by atoms with E-state index in [-0.39, 0.29) is 18.6 Å². The summed E-state index contributed by atoms with van der Waals surface area (Å²) in [5.41, 5.74) is 3.88. The molecule has 36 heavy (non-hydrogen) atoms. The van der Waals surface area contributed by atoms with Gasteiger partial charge in [-0.25, -0.2) is 19.7 Å². The van der Waals surface area contributed by atoms with Crippen LogP contribution >= 0.6 is 0 Å². The predicted molar refractivity (Wildman–Crippen MR) is 140 cm³/mol. The van der Waals surface area contributed by atoms with Gasteiger partial charge < -0.3 is 24.4 Å². The number of fused-ring (bicyclic) bond motifs is 1. The van der Waals surface area contributed by atoms with Gasteiger partial charge in [0.25, 0.3) is 0 Å². The predicted octanol–water partition coefficient (Wildman–Crippen LogP) is 4.16. The van der Waals surface area contributed by atoms with Crippen molar-refractivity contribution in [3.63, 3.8) is 0 Å². The molecule has 2 aromatic rings. The molecular weight excluding hydrogens is 454 g/mol. The van der Waals surface area contributed by atoms with Crippen LogP contribution in [-0.2, 0) is 6.54 Å². The van der Waals surface area contributed by atoms with E-state index in [4.69, 9.17) is 0 Å². The quantitative estimate of drug-likeness (QED) is 0.460. The number of urea groups is 1. The first-order chi connectivity index (χ1) is 17.5. The average molecular weight is 494 g/mol. The monoisotopic (exact) mass is 493 g/mol. The maximum atomic E-state index is 13.8. The first kappa shape index (κ1) is 24.7. The van der Waals surface area contributed by atoms with Crippen LogP contribution in [0.5, 0.6) is 0 Å². The SMILES string of the molecule is C=C1CCCC(=C)C(CN2CN(c3ncnc4c3ncn4CCO)CN(CC3CCCCC3)C2=O)C1. The zero-order valence-corrected chi connectivity index (χ0v) is 21.3. The minimum atomic E-state index is 0.0164. The van der Waals surface area contributed by atoms with Crippen LogP contribution in [0.25, 0.3) is 11.2 Å². The van der Waals surface area contributed by atoms with E-state index < -0.39 is 0 Å². The van der Waals surface area contributed by atoms with Gasteiger partial charge in [-0.05, 0) is 44.4 Å². The van der Waals surface area contributed by atoms with Gasteiger partial charge in [0.1, 0.15) is 6.33 Å². The Morgan fingerprint density at radius 1 is 0.972 bits per heavy atom. The van der Waals surface area contributed by atoms with Gasteiger partial charge in [-0.15, -0.1) is 0 Å². The van der Waals surface area contributed by atoms with Crippen LogP contribution < -0.4 is 4.90 Å². The average Bonchev–Trinajstić information content (AvgIpc) is 3.22. The van der Waals surface area contributed by atoms with Crippen molar-refractivity contribution in [3.05, 3.63) is 37.0 Å². The van der Waals surface area contributed by atoms with Gasteiger partial charge >= 0.3 is 6.03 Å². The molecule has 1 N–H and O–H groups in total. The van der Waals surface area contributed by atoms with E-state index in [0.29, 0.717) is 43.5 Å². The van der Waals surface area contributed by atoms with Crippen molar-refractivity contribution in [2.45, 2.75) is 64.3 Å². The van der Waals surface area contributed by atoms with Crippen LogP contribution in [0.2, 0.25) is 0 Å². The van der Waals surface area contributed by atoms with Gasteiger partial charge in [-0.3, -0.25) is 0 Å². The number of hydrogen-bond acceptors (Lipinski definition) is 6. The number of hydrogen-bond donors (Lipinski definition) is 1. The van der Waals surface area contributed by atoms with Crippen LogP contribution in [0.4, 0.5) is 10.6 Å². The first-order valence-corrected chi connectivity index (χ1v) is 13.4. The molecule has 0 aromatic carbocycles. The molecule has 0 radical (unpaired) electrons. The fraction of sp³-hybridized carbons (Fsp3) is 0.630. The molecule has 5 rings (SSSR count). The molecule has 0 spiro atoms. The summed E-state index contributed by atoms with van der Waals surface area (Å²) < 4.78 is 1.84. The molecule has 1 saturated heterocycles. The van der Waals surface area contributed by atoms with Crippen LogP contribution in [-0.4, -0.2) is 73.5 Å². The van der Waals surface area contributed by atoms with Gasteiger partial charge in [0.15, 0.2) is 17.0 Å². The number of aliphatic hydroxyl groups excluding tert-OH is 1. The molecule has 9 nitrogen and oxygen atoms in total. The second-order valence-corrected chi connectivity index (χ2v) is 10.7. The van der Waals surface area contributed by atoms with Crippen molar-refractivity contribution in [1.82, 2.24) is 29.3 Å². The molecule has 0 bridgehead atoms. The summed E-state index contributed by atoms with van der Waals surface area (Å²) in [5, 5.41) is 9.42. The topological polar surface area (TPSA) is 90.6 Å². The summed E-state index contributed by atoms with van der Waals surface area (Å²) in [7, 11) is 0. The van der Waals surface area contributed by atoms with Crippen molar-refractivity contribution in [2.75, 3.05) is 37.9 Å². The van der Waals surface area contributed by atoms with Crippen molar-refractivity contribution < 1.29 is 9.90 Å². The zero-order valence-electron chi connectivity index (χ0n) is 21.3. The number of carbonyl (C=O) groups excluding carboxylic acids is 1. The van der Waals surface area contributed by atoms with Gasteiger partial charge in [-0.1, -0.05) is 43.6 Å². The van der Waals surface area contributed by atoms with E-state index in [1.165, 1.54) is 43.3 Å². The fourth-order valence-electron chi connectivity index (χ4n) is 6.06. The van der Waals surface area contributed by atoms with Gasteiger partial charge in [0.05, 0.1) is 26.3 Å². The normalized spacial score (nSPS) is 22.5. The maximum Gasteiger partial charge on any atom is 0.322 e. The minimum Gasteiger partial charge on any atom is -0.395 e. The first-order valence-electron chi connectivity index (χ1n) is 13.4. The summed E-state index contributed by atoms with van der Waals surface area (Å²) in [5.74, 6) is 1.51. The largest absolute Gasteiger partial charge is 0.395 e. The number of anilines is 1. The molecule has 2 aromatic heterocycles. The van der Waals surface area contributed by atoms with E-state index in [1.807, 2.05) is 14.4 Å². The lowest BCUT2D eigenvalue weighted by Gasteiger charge is -2.45. The molecule has 1 aliphatic heterocycles. The van der Waals surface area contributed by atoms with Crippen LogP contribution in [0, 0.1) is 11.8 Å². The van der Waals surface area contributed by atoms with E-state index in [9.17, 15) is 9.90 Å². The molecule has 3 heterocycles. The lowest BCUT2D eigenvalue weighted by atomic mass is 9.89. The second kappa shape index (κ2) is 11.0. The van der Waals surface area contributed by atoms with Crippen molar-refractivity contribution >= 4 is 23.0 Å². The van der Waals surface area contributed by atoms with Crippen molar-refractivity contribution in [3.8, 4) is 0 Å². The highest BCUT2D eigenvalue weighted by molar-refractivity contribution is 5.85. The Morgan fingerprint density at radius 2 is 1.75 bits per heavy atom. The molecule has 194 valence electrons. The summed E-state index contributed by atoms with van der Waals surface area (Å²) in [4.78, 5) is 33.5. The third-order valence-electron chi connectivity index (χ3n) is 8.03. The molecule has 2 amide bonds. The zero-order chi connectivity index (χ0) is 25.1.